The van der Waals surface area contributed by atoms with E-state index in [9.17, 15) is 0 Å². The molecule has 0 atom stereocenters. The zero-order chi connectivity index (χ0) is 9.97. The SMILES string of the molecule is COc1ccc2c(c1)ncn2CC#N. The molecule has 1 heterocycles. The first kappa shape index (κ1) is 8.57. The fraction of sp³-hybridized carbons (Fsp3) is 0.200. The van der Waals surface area contributed by atoms with E-state index >= 15 is 0 Å². The predicted octanol–water partition coefficient (Wildman–Crippen LogP) is 1.57. The molecule has 0 fully saturated rings. The standard InChI is InChI=1S/C10H9N3O/c1-14-8-2-3-10-9(6-8)12-7-13(10)5-4-11/h2-3,6-7H,5H2,1H3. The quantitative estimate of drug-likeness (QED) is 0.717. The van der Waals surface area contributed by atoms with Crippen LogP contribution < -0.4 is 4.74 Å². The van der Waals surface area contributed by atoms with Gasteiger partial charge < -0.3 is 9.30 Å². The molecule has 0 unspecified atom stereocenters. The molecular formula is C10H9N3O. The summed E-state index contributed by atoms with van der Waals surface area (Å²) in [7, 11) is 1.62. The van der Waals surface area contributed by atoms with Crippen molar-refractivity contribution in [3.8, 4) is 11.8 Å². The van der Waals surface area contributed by atoms with Gasteiger partial charge in [0, 0.05) is 6.07 Å². The minimum atomic E-state index is 0.322. The highest BCUT2D eigenvalue weighted by Gasteiger charge is 2.02. The van der Waals surface area contributed by atoms with Crippen LogP contribution in [0.5, 0.6) is 5.75 Å². The lowest BCUT2D eigenvalue weighted by atomic mass is 10.3. The molecular weight excluding hydrogens is 178 g/mol. The molecule has 70 valence electrons. The number of imidazole rings is 1. The highest BCUT2D eigenvalue weighted by Crippen LogP contribution is 2.19. The molecule has 0 radical (unpaired) electrons. The molecule has 2 aromatic rings. The number of benzene rings is 1. The van der Waals surface area contributed by atoms with Crippen LogP contribution in [0.3, 0.4) is 0 Å². The Morgan fingerprint density at radius 1 is 1.57 bits per heavy atom. The Balaban J connectivity index is 2.55. The summed E-state index contributed by atoms with van der Waals surface area (Å²) < 4.78 is 6.88. The molecule has 0 saturated heterocycles. The summed E-state index contributed by atoms with van der Waals surface area (Å²) in [5.74, 6) is 0.778. The van der Waals surface area contributed by atoms with E-state index in [1.807, 2.05) is 18.2 Å². The number of methoxy groups -OCH3 is 1. The van der Waals surface area contributed by atoms with Crippen LogP contribution in [-0.4, -0.2) is 16.7 Å². The van der Waals surface area contributed by atoms with Crippen molar-refractivity contribution < 1.29 is 4.74 Å². The van der Waals surface area contributed by atoms with Crippen LogP contribution in [0.4, 0.5) is 0 Å². The first-order chi connectivity index (χ1) is 6.85. The van der Waals surface area contributed by atoms with E-state index < -0.39 is 0 Å². The van der Waals surface area contributed by atoms with E-state index in [1.54, 1.807) is 18.0 Å². The third-order valence-electron chi connectivity index (χ3n) is 2.07. The van der Waals surface area contributed by atoms with E-state index in [0.29, 0.717) is 6.54 Å². The van der Waals surface area contributed by atoms with Gasteiger partial charge >= 0.3 is 0 Å². The van der Waals surface area contributed by atoms with Gasteiger partial charge in [-0.2, -0.15) is 5.26 Å². The minimum Gasteiger partial charge on any atom is -0.497 e. The molecule has 0 saturated carbocycles. The third kappa shape index (κ3) is 1.29. The maximum Gasteiger partial charge on any atom is 0.121 e. The number of aromatic nitrogens is 2. The third-order valence-corrected chi connectivity index (χ3v) is 2.07. The fourth-order valence-corrected chi connectivity index (χ4v) is 1.37. The van der Waals surface area contributed by atoms with Crippen LogP contribution in [0.1, 0.15) is 0 Å². The second kappa shape index (κ2) is 3.38. The monoisotopic (exact) mass is 187 g/mol. The molecule has 0 aliphatic carbocycles. The molecule has 14 heavy (non-hydrogen) atoms. The summed E-state index contributed by atoms with van der Waals surface area (Å²) in [5, 5.41) is 8.57. The molecule has 1 aromatic heterocycles. The molecule has 0 N–H and O–H groups in total. The summed E-state index contributed by atoms with van der Waals surface area (Å²) in [4.78, 5) is 4.18. The van der Waals surface area contributed by atoms with Crippen molar-refractivity contribution in [1.82, 2.24) is 9.55 Å². The van der Waals surface area contributed by atoms with Crippen LogP contribution in [0.25, 0.3) is 11.0 Å². The highest BCUT2D eigenvalue weighted by atomic mass is 16.5. The number of hydrogen-bond acceptors (Lipinski definition) is 3. The zero-order valence-electron chi connectivity index (χ0n) is 7.77. The molecule has 0 aliphatic rings. The first-order valence-corrected chi connectivity index (χ1v) is 4.21. The van der Waals surface area contributed by atoms with Crippen LogP contribution in [-0.2, 0) is 6.54 Å². The molecule has 0 aliphatic heterocycles. The van der Waals surface area contributed by atoms with Gasteiger partial charge in [0.1, 0.15) is 12.3 Å². The van der Waals surface area contributed by atoms with Crippen molar-refractivity contribution in [3.05, 3.63) is 24.5 Å². The normalized spacial score (nSPS) is 10.0. The topological polar surface area (TPSA) is 50.8 Å². The average Bonchev–Trinajstić information content (AvgIpc) is 2.61. The summed E-state index contributed by atoms with van der Waals surface area (Å²) in [5.41, 5.74) is 1.80. The van der Waals surface area contributed by atoms with Gasteiger partial charge in [-0.3, -0.25) is 0 Å². The van der Waals surface area contributed by atoms with Gasteiger partial charge in [-0.05, 0) is 12.1 Å². The number of rotatable bonds is 2. The Bertz CT molecular complexity index is 496. The lowest BCUT2D eigenvalue weighted by Crippen LogP contribution is -1.92. The van der Waals surface area contributed by atoms with Crippen LogP contribution >= 0.6 is 0 Å². The van der Waals surface area contributed by atoms with E-state index in [2.05, 4.69) is 11.1 Å². The number of fused-ring (bicyclic) bond motifs is 1. The van der Waals surface area contributed by atoms with Crippen molar-refractivity contribution >= 4 is 11.0 Å². The summed E-state index contributed by atoms with van der Waals surface area (Å²) in [6, 6.07) is 7.69. The van der Waals surface area contributed by atoms with Gasteiger partial charge in [0.25, 0.3) is 0 Å². The Hall–Kier alpha value is -2.02. The second-order valence-corrected chi connectivity index (χ2v) is 2.89. The average molecular weight is 187 g/mol. The van der Waals surface area contributed by atoms with Crippen molar-refractivity contribution in [1.29, 1.82) is 5.26 Å². The van der Waals surface area contributed by atoms with Gasteiger partial charge in [-0.25, -0.2) is 4.98 Å². The predicted molar refractivity (Wildman–Crippen MR) is 51.9 cm³/mol. The number of nitrogens with zero attached hydrogens (tertiary/aromatic N) is 3. The van der Waals surface area contributed by atoms with Gasteiger partial charge in [-0.15, -0.1) is 0 Å². The molecule has 1 aromatic carbocycles. The molecule has 4 nitrogen and oxygen atoms in total. The van der Waals surface area contributed by atoms with Gasteiger partial charge in [0.15, 0.2) is 0 Å². The minimum absolute atomic E-state index is 0.322. The largest absolute Gasteiger partial charge is 0.497 e. The molecule has 0 spiro atoms. The Morgan fingerprint density at radius 3 is 3.14 bits per heavy atom. The summed E-state index contributed by atoms with van der Waals surface area (Å²) in [6.07, 6.45) is 1.66. The second-order valence-electron chi connectivity index (χ2n) is 2.89. The Kier molecular flexibility index (Phi) is 2.07. The van der Waals surface area contributed by atoms with Crippen molar-refractivity contribution in [2.75, 3.05) is 7.11 Å². The van der Waals surface area contributed by atoms with Crippen LogP contribution in [0, 0.1) is 11.3 Å². The van der Waals surface area contributed by atoms with E-state index in [1.165, 1.54) is 0 Å². The molecule has 2 rings (SSSR count). The smallest absolute Gasteiger partial charge is 0.121 e. The highest BCUT2D eigenvalue weighted by molar-refractivity contribution is 5.77. The Morgan fingerprint density at radius 2 is 2.43 bits per heavy atom. The molecule has 4 heteroatoms. The van der Waals surface area contributed by atoms with E-state index in [0.717, 1.165) is 16.8 Å². The number of hydrogen-bond donors (Lipinski definition) is 0. The first-order valence-electron chi connectivity index (χ1n) is 4.21. The van der Waals surface area contributed by atoms with Gasteiger partial charge in [0.05, 0.1) is 30.5 Å². The lowest BCUT2D eigenvalue weighted by Gasteiger charge is -1.99. The van der Waals surface area contributed by atoms with E-state index in [4.69, 9.17) is 10.00 Å². The van der Waals surface area contributed by atoms with Crippen molar-refractivity contribution in [3.63, 3.8) is 0 Å². The van der Waals surface area contributed by atoms with Crippen molar-refractivity contribution in [2.45, 2.75) is 6.54 Å². The van der Waals surface area contributed by atoms with Gasteiger partial charge in [-0.1, -0.05) is 0 Å². The molecule has 0 amide bonds. The lowest BCUT2D eigenvalue weighted by molar-refractivity contribution is 0.415. The summed E-state index contributed by atoms with van der Waals surface area (Å²) in [6.45, 7) is 0.322. The number of ether oxygens (including phenoxy) is 1. The Labute approximate surface area is 81.4 Å². The van der Waals surface area contributed by atoms with Crippen molar-refractivity contribution in [2.24, 2.45) is 0 Å². The van der Waals surface area contributed by atoms with Crippen LogP contribution in [0.2, 0.25) is 0 Å². The fourth-order valence-electron chi connectivity index (χ4n) is 1.37. The van der Waals surface area contributed by atoms with E-state index in [-0.39, 0.29) is 0 Å². The summed E-state index contributed by atoms with van der Waals surface area (Å²) >= 11 is 0. The number of nitriles is 1. The maximum atomic E-state index is 8.57. The maximum absolute atomic E-state index is 8.57. The zero-order valence-corrected chi connectivity index (χ0v) is 7.77. The van der Waals surface area contributed by atoms with Crippen LogP contribution in [0.15, 0.2) is 24.5 Å². The molecule has 0 bridgehead atoms. The van der Waals surface area contributed by atoms with Gasteiger partial charge in [0.2, 0.25) is 0 Å².